The van der Waals surface area contributed by atoms with Crippen LogP contribution in [0.15, 0.2) is 66.0 Å². The molecule has 9 nitrogen and oxygen atoms in total. The first-order valence-corrected chi connectivity index (χ1v) is 13.8. The number of hydrogen-bond acceptors (Lipinski definition) is 7. The number of halogens is 2. The highest BCUT2D eigenvalue weighted by atomic mass is 35.5. The van der Waals surface area contributed by atoms with E-state index in [9.17, 15) is 18.8 Å². The Kier molecular flexibility index (Phi) is 8.08. The topological polar surface area (TPSA) is 97.6 Å². The normalized spacial score (nSPS) is 15.2. The van der Waals surface area contributed by atoms with Crippen LogP contribution >= 0.6 is 11.6 Å². The molecule has 1 atom stereocenters. The molecule has 1 aliphatic heterocycles. The first-order chi connectivity index (χ1) is 20.2. The van der Waals surface area contributed by atoms with E-state index in [1.54, 1.807) is 41.3 Å². The largest absolute Gasteiger partial charge is 0.426 e. The summed E-state index contributed by atoms with van der Waals surface area (Å²) in [5.74, 6) is -0.312. The Hall–Kier alpha value is -4.57. The van der Waals surface area contributed by atoms with Gasteiger partial charge in [-0.3, -0.25) is 9.59 Å². The van der Waals surface area contributed by atoms with Crippen molar-refractivity contribution in [1.29, 1.82) is 0 Å². The minimum atomic E-state index is -0.674. The lowest BCUT2D eigenvalue weighted by Crippen LogP contribution is -2.54. The maximum absolute atomic E-state index is 15.0. The smallest absolute Gasteiger partial charge is 0.355 e. The highest BCUT2D eigenvalue weighted by Gasteiger charge is 2.30. The van der Waals surface area contributed by atoms with Gasteiger partial charge in [0, 0.05) is 31.2 Å². The van der Waals surface area contributed by atoms with Crippen molar-refractivity contribution in [3.8, 4) is 22.7 Å². The summed E-state index contributed by atoms with van der Waals surface area (Å²) in [6, 6.07) is 12.6. The van der Waals surface area contributed by atoms with Gasteiger partial charge in [0.25, 0.3) is 6.47 Å². The zero-order valence-electron chi connectivity index (χ0n) is 23.4. The molecule has 0 N–H and O–H groups in total. The molecule has 4 aromatic rings. The van der Waals surface area contributed by atoms with Crippen molar-refractivity contribution in [2.75, 3.05) is 24.5 Å². The maximum Gasteiger partial charge on any atom is 0.355 e. The molecule has 0 bridgehead atoms. The van der Waals surface area contributed by atoms with Crippen LogP contribution in [0.1, 0.15) is 32.3 Å². The standard InChI is InChI=1S/C31H29ClFN5O4/c1-5-26(40)36-13-14-37(19(4)16-36)29-22-15-23(32)27(21-9-6-7-11-24(21)33)34-30(22)38(31(41)35-29)28-20(18(2)3)10-8-12-25(28)42-17-39/h5-12,15,17-19H,1,13-14,16H2,2-4H3/t19-/m0/s1. The van der Waals surface area contributed by atoms with Gasteiger partial charge in [-0.15, -0.1) is 0 Å². The number of rotatable bonds is 7. The predicted molar refractivity (Wildman–Crippen MR) is 160 cm³/mol. The number of anilines is 1. The number of nitrogens with zero attached hydrogens (tertiary/aromatic N) is 5. The third-order valence-corrected chi connectivity index (χ3v) is 7.66. The minimum absolute atomic E-state index is 0.0781. The fraction of sp³-hybridized carbons (Fsp3) is 0.258. The quantitative estimate of drug-likeness (QED) is 0.218. The number of piperazine rings is 1. The van der Waals surface area contributed by atoms with Crippen LogP contribution in [0.2, 0.25) is 5.02 Å². The molecule has 2 aromatic carbocycles. The second-order valence-corrected chi connectivity index (χ2v) is 10.7. The van der Waals surface area contributed by atoms with E-state index >= 15 is 0 Å². The number of ether oxygens (including phenoxy) is 1. The lowest BCUT2D eigenvalue weighted by atomic mass is 10.00. The van der Waals surface area contributed by atoms with Crippen molar-refractivity contribution in [2.45, 2.75) is 32.7 Å². The van der Waals surface area contributed by atoms with Gasteiger partial charge in [0.05, 0.1) is 21.8 Å². The molecule has 1 amide bonds. The number of hydrogen-bond donors (Lipinski definition) is 0. The van der Waals surface area contributed by atoms with Crippen LogP contribution in [0.25, 0.3) is 28.0 Å². The maximum atomic E-state index is 15.0. The van der Waals surface area contributed by atoms with E-state index in [2.05, 4.69) is 11.6 Å². The molecule has 0 aliphatic carbocycles. The predicted octanol–water partition coefficient (Wildman–Crippen LogP) is 5.12. The Bertz CT molecular complexity index is 1770. The molecule has 216 valence electrons. The van der Waals surface area contributed by atoms with E-state index in [0.717, 1.165) is 0 Å². The Morgan fingerprint density at radius 1 is 1.17 bits per heavy atom. The van der Waals surface area contributed by atoms with E-state index in [-0.39, 0.29) is 45.5 Å². The highest BCUT2D eigenvalue weighted by molar-refractivity contribution is 6.33. The van der Waals surface area contributed by atoms with E-state index in [1.165, 1.54) is 16.7 Å². The summed E-state index contributed by atoms with van der Waals surface area (Å²) in [7, 11) is 0. The molecule has 0 unspecified atom stereocenters. The number of carbonyl (C=O) groups is 2. The molecule has 2 aromatic heterocycles. The Morgan fingerprint density at radius 2 is 1.93 bits per heavy atom. The third-order valence-electron chi connectivity index (χ3n) is 7.37. The average Bonchev–Trinajstić information content (AvgIpc) is 2.97. The van der Waals surface area contributed by atoms with Gasteiger partial charge < -0.3 is 14.5 Å². The molecular weight excluding hydrogens is 561 g/mol. The first-order valence-electron chi connectivity index (χ1n) is 13.5. The van der Waals surface area contributed by atoms with Crippen LogP contribution in [-0.4, -0.2) is 57.5 Å². The molecule has 1 aliphatic rings. The molecule has 0 saturated carbocycles. The van der Waals surface area contributed by atoms with Crippen molar-refractivity contribution < 1.29 is 18.7 Å². The van der Waals surface area contributed by atoms with Crippen molar-refractivity contribution in [3.63, 3.8) is 0 Å². The van der Waals surface area contributed by atoms with Gasteiger partial charge in [0.2, 0.25) is 5.91 Å². The molecule has 5 rings (SSSR count). The van der Waals surface area contributed by atoms with E-state index in [0.29, 0.717) is 48.6 Å². The van der Waals surface area contributed by atoms with Gasteiger partial charge in [-0.2, -0.15) is 4.98 Å². The molecule has 1 saturated heterocycles. The molecule has 42 heavy (non-hydrogen) atoms. The van der Waals surface area contributed by atoms with Crippen LogP contribution in [0.3, 0.4) is 0 Å². The number of aromatic nitrogens is 3. The third kappa shape index (κ3) is 5.14. The second kappa shape index (κ2) is 11.7. The monoisotopic (exact) mass is 589 g/mol. The summed E-state index contributed by atoms with van der Waals surface area (Å²) in [5, 5.41) is 0.598. The number of fused-ring (bicyclic) bond motifs is 1. The zero-order chi connectivity index (χ0) is 30.1. The zero-order valence-corrected chi connectivity index (χ0v) is 24.1. The molecular formula is C31H29ClFN5O4. The van der Waals surface area contributed by atoms with Crippen LogP contribution in [0.5, 0.6) is 5.75 Å². The van der Waals surface area contributed by atoms with Crippen molar-refractivity contribution in [3.05, 3.63) is 88.1 Å². The summed E-state index contributed by atoms with van der Waals surface area (Å²) in [6.45, 7) is 10.8. The first kappa shape index (κ1) is 28.9. The average molecular weight is 590 g/mol. The van der Waals surface area contributed by atoms with Crippen molar-refractivity contribution >= 4 is 40.8 Å². The summed E-state index contributed by atoms with van der Waals surface area (Å²) in [6.07, 6.45) is 1.27. The van der Waals surface area contributed by atoms with E-state index in [1.807, 2.05) is 31.7 Å². The second-order valence-electron chi connectivity index (χ2n) is 10.3. The highest BCUT2D eigenvalue weighted by Crippen LogP contribution is 2.38. The molecule has 3 heterocycles. The fourth-order valence-corrected chi connectivity index (χ4v) is 5.61. The number of carbonyl (C=O) groups excluding carboxylic acids is 2. The lowest BCUT2D eigenvalue weighted by molar-refractivity contribution is -0.126. The fourth-order valence-electron chi connectivity index (χ4n) is 5.36. The summed E-state index contributed by atoms with van der Waals surface area (Å²) < 4.78 is 21.6. The minimum Gasteiger partial charge on any atom is -0.426 e. The number of benzene rings is 2. The number of pyridine rings is 1. The molecule has 1 fully saturated rings. The SMILES string of the molecule is C=CC(=O)N1CCN(c2nc(=O)n(-c3c(OC=O)cccc3C(C)C)c3nc(-c4ccccc4F)c(Cl)cc23)[C@@H](C)C1. The molecule has 11 heteroatoms. The Morgan fingerprint density at radius 3 is 2.60 bits per heavy atom. The lowest BCUT2D eigenvalue weighted by Gasteiger charge is -2.40. The van der Waals surface area contributed by atoms with Crippen LogP contribution in [0, 0.1) is 5.82 Å². The van der Waals surface area contributed by atoms with Gasteiger partial charge in [-0.25, -0.2) is 18.7 Å². The molecule has 0 radical (unpaired) electrons. The van der Waals surface area contributed by atoms with Crippen LogP contribution in [0.4, 0.5) is 10.2 Å². The number of para-hydroxylation sites is 1. The Labute approximate surface area is 246 Å². The summed E-state index contributed by atoms with van der Waals surface area (Å²) >= 11 is 6.74. The van der Waals surface area contributed by atoms with Gasteiger partial charge in [-0.05, 0) is 48.7 Å². The van der Waals surface area contributed by atoms with E-state index in [4.69, 9.17) is 21.3 Å². The van der Waals surface area contributed by atoms with Gasteiger partial charge in [0.1, 0.15) is 11.6 Å². The molecule has 0 spiro atoms. The summed E-state index contributed by atoms with van der Waals surface area (Å²) in [4.78, 5) is 50.6. The Balaban J connectivity index is 1.84. The summed E-state index contributed by atoms with van der Waals surface area (Å²) in [5.41, 5.74) is 0.801. The van der Waals surface area contributed by atoms with E-state index < -0.39 is 11.5 Å². The van der Waals surface area contributed by atoms with Gasteiger partial charge >= 0.3 is 5.69 Å². The van der Waals surface area contributed by atoms with Crippen LogP contribution < -0.4 is 15.3 Å². The number of amides is 1. The van der Waals surface area contributed by atoms with Gasteiger partial charge in [0.15, 0.2) is 11.4 Å². The van der Waals surface area contributed by atoms with Crippen LogP contribution in [-0.2, 0) is 9.59 Å². The van der Waals surface area contributed by atoms with Crippen molar-refractivity contribution in [1.82, 2.24) is 19.4 Å². The van der Waals surface area contributed by atoms with Crippen molar-refractivity contribution in [2.24, 2.45) is 0 Å². The van der Waals surface area contributed by atoms with Gasteiger partial charge in [-0.1, -0.05) is 56.3 Å².